The number of ether oxygens (including phenoxy) is 1. The molecule has 0 N–H and O–H groups in total. The Balaban J connectivity index is 1.83. The van der Waals surface area contributed by atoms with E-state index in [2.05, 4.69) is 91.9 Å². The van der Waals surface area contributed by atoms with E-state index in [0.29, 0.717) is 5.92 Å². The molecule has 1 heterocycles. The predicted octanol–water partition coefficient (Wildman–Crippen LogP) is 5.52. The third-order valence-electron chi connectivity index (χ3n) is 4.81. The highest BCUT2D eigenvalue weighted by Crippen LogP contribution is 2.47. The lowest BCUT2D eigenvalue weighted by atomic mass is 9.77. The van der Waals surface area contributed by atoms with Gasteiger partial charge in [-0.3, -0.25) is 0 Å². The molecule has 0 aromatic heterocycles. The van der Waals surface area contributed by atoms with Gasteiger partial charge in [0.2, 0.25) is 0 Å². The average Bonchev–Trinajstić information content (AvgIpc) is 2.62. The van der Waals surface area contributed by atoms with E-state index >= 15 is 0 Å². The molecule has 0 spiro atoms. The van der Waals surface area contributed by atoms with Crippen molar-refractivity contribution in [3.05, 3.63) is 102 Å². The first-order valence-corrected chi connectivity index (χ1v) is 8.15. The van der Waals surface area contributed by atoms with Gasteiger partial charge in [0.25, 0.3) is 0 Å². The van der Waals surface area contributed by atoms with Crippen molar-refractivity contribution in [2.45, 2.75) is 24.9 Å². The maximum Gasteiger partial charge on any atom is 0.132 e. The summed E-state index contributed by atoms with van der Waals surface area (Å²) in [5, 5.41) is 0. The van der Waals surface area contributed by atoms with Crippen LogP contribution in [0.3, 0.4) is 0 Å². The van der Waals surface area contributed by atoms with Gasteiger partial charge < -0.3 is 4.74 Å². The summed E-state index contributed by atoms with van der Waals surface area (Å²) in [4.78, 5) is 0. The van der Waals surface area contributed by atoms with Crippen molar-refractivity contribution in [1.29, 1.82) is 0 Å². The smallest absolute Gasteiger partial charge is 0.132 e. The minimum Gasteiger partial charge on any atom is -0.483 e. The van der Waals surface area contributed by atoms with E-state index in [1.54, 1.807) is 0 Å². The van der Waals surface area contributed by atoms with Gasteiger partial charge in [-0.25, -0.2) is 0 Å². The molecule has 0 bridgehead atoms. The van der Waals surface area contributed by atoms with Crippen LogP contribution in [0.15, 0.2) is 84.9 Å². The summed E-state index contributed by atoms with van der Waals surface area (Å²) in [6.07, 6.45) is 0.942. The van der Waals surface area contributed by atoms with Crippen LogP contribution in [0.2, 0.25) is 0 Å². The topological polar surface area (TPSA) is 9.23 Å². The Morgan fingerprint density at radius 1 is 0.783 bits per heavy atom. The molecule has 0 unspecified atom stereocenters. The second kappa shape index (κ2) is 5.58. The van der Waals surface area contributed by atoms with Gasteiger partial charge in [-0.15, -0.1) is 0 Å². The molecule has 4 rings (SSSR count). The van der Waals surface area contributed by atoms with Crippen molar-refractivity contribution in [3.8, 4) is 5.75 Å². The van der Waals surface area contributed by atoms with E-state index in [1.807, 2.05) is 0 Å². The number of hydrogen-bond donors (Lipinski definition) is 0. The van der Waals surface area contributed by atoms with Gasteiger partial charge in [0.15, 0.2) is 0 Å². The maximum absolute atomic E-state index is 6.46. The van der Waals surface area contributed by atoms with E-state index in [0.717, 1.165) is 12.2 Å². The van der Waals surface area contributed by atoms with Crippen LogP contribution in [-0.2, 0) is 5.60 Å². The fraction of sp³-hybridized carbons (Fsp3) is 0.182. The van der Waals surface area contributed by atoms with Crippen LogP contribution in [0.5, 0.6) is 5.75 Å². The molecule has 1 heteroatoms. The third kappa shape index (κ3) is 2.53. The first kappa shape index (κ1) is 14.1. The van der Waals surface area contributed by atoms with Gasteiger partial charge in [0.1, 0.15) is 11.4 Å². The van der Waals surface area contributed by atoms with E-state index in [1.165, 1.54) is 16.7 Å². The zero-order chi connectivity index (χ0) is 15.7. The number of fused-ring (bicyclic) bond motifs is 1. The summed E-state index contributed by atoms with van der Waals surface area (Å²) in [7, 11) is 0. The molecule has 0 saturated heterocycles. The van der Waals surface area contributed by atoms with Gasteiger partial charge >= 0.3 is 0 Å². The Kier molecular flexibility index (Phi) is 3.42. The molecule has 0 radical (unpaired) electrons. The van der Waals surface area contributed by atoms with Gasteiger partial charge in [-0.2, -0.15) is 0 Å². The fourth-order valence-corrected chi connectivity index (χ4v) is 3.60. The van der Waals surface area contributed by atoms with E-state index in [-0.39, 0.29) is 5.60 Å². The van der Waals surface area contributed by atoms with Crippen LogP contribution in [0.4, 0.5) is 0 Å². The number of para-hydroxylation sites is 1. The number of rotatable bonds is 2. The summed E-state index contributed by atoms with van der Waals surface area (Å²) in [6.45, 7) is 2.20. The SMILES string of the molecule is C[C@]1(c2ccccc2)C[C@@H](c2ccccc2)c2ccccc2O1. The summed E-state index contributed by atoms with van der Waals surface area (Å²) in [5.41, 5.74) is 3.56. The summed E-state index contributed by atoms with van der Waals surface area (Å²) in [5.74, 6) is 1.35. The van der Waals surface area contributed by atoms with Crippen molar-refractivity contribution in [1.82, 2.24) is 0 Å². The summed E-state index contributed by atoms with van der Waals surface area (Å²) < 4.78 is 6.46. The Labute approximate surface area is 137 Å². The Morgan fingerprint density at radius 2 is 1.39 bits per heavy atom. The van der Waals surface area contributed by atoms with Gasteiger partial charge in [-0.1, -0.05) is 78.9 Å². The van der Waals surface area contributed by atoms with E-state index in [4.69, 9.17) is 4.74 Å². The van der Waals surface area contributed by atoms with Crippen molar-refractivity contribution in [3.63, 3.8) is 0 Å². The molecule has 1 aliphatic rings. The molecular weight excluding hydrogens is 280 g/mol. The van der Waals surface area contributed by atoms with Crippen LogP contribution in [0.1, 0.15) is 36.0 Å². The summed E-state index contributed by atoms with van der Waals surface area (Å²) >= 11 is 0. The molecule has 2 atom stereocenters. The lowest BCUT2D eigenvalue weighted by Crippen LogP contribution is -2.35. The zero-order valence-corrected chi connectivity index (χ0v) is 13.3. The third-order valence-corrected chi connectivity index (χ3v) is 4.81. The molecule has 0 saturated carbocycles. The van der Waals surface area contributed by atoms with Crippen LogP contribution in [-0.4, -0.2) is 0 Å². The molecular formula is C22H20O. The van der Waals surface area contributed by atoms with E-state index in [9.17, 15) is 0 Å². The molecule has 1 aliphatic heterocycles. The number of hydrogen-bond acceptors (Lipinski definition) is 1. The van der Waals surface area contributed by atoms with Crippen LogP contribution < -0.4 is 4.74 Å². The normalized spacial score (nSPS) is 22.9. The molecule has 3 aromatic rings. The lowest BCUT2D eigenvalue weighted by Gasteiger charge is -2.40. The Hall–Kier alpha value is -2.54. The Morgan fingerprint density at radius 3 is 2.13 bits per heavy atom. The molecule has 0 amide bonds. The molecule has 0 fully saturated rings. The zero-order valence-electron chi connectivity index (χ0n) is 13.3. The summed E-state index contributed by atoms with van der Waals surface area (Å²) in [6, 6.07) is 29.7. The second-order valence-electron chi connectivity index (χ2n) is 6.40. The van der Waals surface area contributed by atoms with Crippen LogP contribution >= 0.6 is 0 Å². The molecule has 1 nitrogen and oxygen atoms in total. The van der Waals surface area contributed by atoms with Crippen LogP contribution in [0.25, 0.3) is 0 Å². The highest BCUT2D eigenvalue weighted by molar-refractivity contribution is 5.46. The maximum atomic E-state index is 6.46. The average molecular weight is 300 g/mol. The van der Waals surface area contributed by atoms with Crippen molar-refractivity contribution < 1.29 is 4.74 Å². The standard InChI is InChI=1S/C22H20O/c1-22(18-12-6-3-7-13-18)16-20(17-10-4-2-5-11-17)19-14-8-9-15-21(19)23-22/h2-15,20H,16H2,1H3/t20-,22+/m0/s1. The minimum atomic E-state index is -0.309. The first-order valence-electron chi connectivity index (χ1n) is 8.15. The Bertz CT molecular complexity index is 794. The predicted molar refractivity (Wildman–Crippen MR) is 93.8 cm³/mol. The van der Waals surface area contributed by atoms with Crippen molar-refractivity contribution in [2.75, 3.05) is 0 Å². The molecule has 114 valence electrons. The largest absolute Gasteiger partial charge is 0.483 e. The number of benzene rings is 3. The highest BCUT2D eigenvalue weighted by Gasteiger charge is 2.39. The highest BCUT2D eigenvalue weighted by atomic mass is 16.5. The van der Waals surface area contributed by atoms with Gasteiger partial charge in [0.05, 0.1) is 0 Å². The lowest BCUT2D eigenvalue weighted by molar-refractivity contribution is 0.0555. The fourth-order valence-electron chi connectivity index (χ4n) is 3.60. The van der Waals surface area contributed by atoms with Crippen LogP contribution in [0, 0.1) is 0 Å². The minimum absolute atomic E-state index is 0.309. The molecule has 3 aromatic carbocycles. The van der Waals surface area contributed by atoms with Crippen molar-refractivity contribution >= 4 is 0 Å². The monoisotopic (exact) mass is 300 g/mol. The van der Waals surface area contributed by atoms with Gasteiger partial charge in [0, 0.05) is 17.9 Å². The molecule has 0 aliphatic carbocycles. The van der Waals surface area contributed by atoms with Crippen molar-refractivity contribution in [2.24, 2.45) is 0 Å². The first-order chi connectivity index (χ1) is 11.3. The quantitative estimate of drug-likeness (QED) is 0.606. The second-order valence-corrected chi connectivity index (χ2v) is 6.40. The molecule has 23 heavy (non-hydrogen) atoms. The van der Waals surface area contributed by atoms with E-state index < -0.39 is 0 Å². The van der Waals surface area contributed by atoms with Gasteiger partial charge in [-0.05, 0) is 24.1 Å².